The molecule has 2 N–H and O–H groups in total. The Kier molecular flexibility index (Phi) is 3.84. The molecule has 2 aliphatic heterocycles. The van der Waals surface area contributed by atoms with E-state index in [1.54, 1.807) is 0 Å². The summed E-state index contributed by atoms with van der Waals surface area (Å²) >= 11 is 0. The van der Waals surface area contributed by atoms with E-state index in [0.717, 1.165) is 19.3 Å². The molecule has 2 aliphatic carbocycles. The van der Waals surface area contributed by atoms with Crippen molar-refractivity contribution in [2.75, 3.05) is 0 Å². The Labute approximate surface area is 153 Å². The lowest BCUT2D eigenvalue weighted by atomic mass is 9.44. The fourth-order valence-electron chi connectivity index (χ4n) is 6.51. The quantitative estimate of drug-likeness (QED) is 0.745. The summed E-state index contributed by atoms with van der Waals surface area (Å²) in [7, 11) is 0. The van der Waals surface area contributed by atoms with Crippen molar-refractivity contribution in [3.05, 3.63) is 11.6 Å². The summed E-state index contributed by atoms with van der Waals surface area (Å²) in [5.74, 6) is -0.708. The van der Waals surface area contributed by atoms with Crippen molar-refractivity contribution in [3.8, 4) is 0 Å². The van der Waals surface area contributed by atoms with Gasteiger partial charge in [0.05, 0.1) is 11.0 Å². The highest BCUT2D eigenvalue weighted by Crippen LogP contribution is 2.67. The number of aliphatic hydroxyl groups excluding tert-OH is 1. The molecule has 26 heavy (non-hydrogen) atoms. The minimum absolute atomic E-state index is 0.00202. The summed E-state index contributed by atoms with van der Waals surface area (Å²) in [5.41, 5.74) is -1.45. The van der Waals surface area contributed by atoms with Crippen LogP contribution in [0.3, 0.4) is 0 Å². The standard InChI is InChI=1S/C20H28O6/c1-11-9-13-15-18(2,17(23)25-13)6-4-7-19(15,3)20(11,24)8-5-12-10-14(21)26-16(12)22/h10-11,13,15-16,22,24H,4-9H2,1-3H3/t11-,13-,15?,16?,18+,19-,20-/m1/s1. The zero-order valence-corrected chi connectivity index (χ0v) is 15.7. The third kappa shape index (κ3) is 2.18. The van der Waals surface area contributed by atoms with E-state index >= 15 is 0 Å². The predicted octanol–water partition coefficient (Wildman–Crippen LogP) is 2.08. The highest BCUT2D eigenvalue weighted by molar-refractivity contribution is 5.85. The summed E-state index contributed by atoms with van der Waals surface area (Å²) in [4.78, 5) is 23.9. The molecule has 0 bridgehead atoms. The average molecular weight is 364 g/mol. The average Bonchev–Trinajstić information content (AvgIpc) is 3.01. The fourth-order valence-corrected chi connectivity index (χ4v) is 6.51. The van der Waals surface area contributed by atoms with Crippen LogP contribution in [-0.4, -0.2) is 40.1 Å². The van der Waals surface area contributed by atoms with Crippen LogP contribution in [0.4, 0.5) is 0 Å². The van der Waals surface area contributed by atoms with E-state index in [9.17, 15) is 19.8 Å². The molecule has 3 fully saturated rings. The Morgan fingerprint density at radius 1 is 1.23 bits per heavy atom. The van der Waals surface area contributed by atoms with Crippen molar-refractivity contribution in [1.82, 2.24) is 0 Å². The Morgan fingerprint density at radius 2 is 1.96 bits per heavy atom. The molecule has 0 aromatic heterocycles. The number of cyclic esters (lactones) is 1. The van der Waals surface area contributed by atoms with Crippen LogP contribution in [0.15, 0.2) is 11.6 Å². The molecular weight excluding hydrogens is 336 g/mol. The number of hydrogen-bond acceptors (Lipinski definition) is 6. The van der Waals surface area contributed by atoms with Crippen LogP contribution in [0.5, 0.6) is 0 Å². The molecule has 144 valence electrons. The monoisotopic (exact) mass is 364 g/mol. The SMILES string of the molecule is C[C@@H]1C[C@H]2OC(=O)[C@@]3(C)CCC[C@](C)(C23)[C@@]1(O)CCC1=CC(=O)OC1O. The van der Waals surface area contributed by atoms with Crippen molar-refractivity contribution >= 4 is 11.9 Å². The van der Waals surface area contributed by atoms with Gasteiger partial charge in [0.25, 0.3) is 0 Å². The van der Waals surface area contributed by atoms with E-state index in [-0.39, 0.29) is 23.9 Å². The van der Waals surface area contributed by atoms with Crippen molar-refractivity contribution in [1.29, 1.82) is 0 Å². The first-order chi connectivity index (χ1) is 12.1. The van der Waals surface area contributed by atoms with Gasteiger partial charge in [0.15, 0.2) is 0 Å². The molecule has 0 aromatic carbocycles. The summed E-state index contributed by atoms with van der Waals surface area (Å²) in [6.45, 7) is 6.10. The lowest BCUT2D eigenvalue weighted by Crippen LogP contribution is -2.65. The predicted molar refractivity (Wildman–Crippen MR) is 91.6 cm³/mol. The van der Waals surface area contributed by atoms with Gasteiger partial charge in [0.2, 0.25) is 6.29 Å². The molecule has 0 spiro atoms. The lowest BCUT2D eigenvalue weighted by molar-refractivity contribution is -0.218. The summed E-state index contributed by atoms with van der Waals surface area (Å²) in [5, 5.41) is 21.7. The fraction of sp³-hybridized carbons (Fsp3) is 0.800. The maximum absolute atomic E-state index is 12.6. The number of esters is 2. The molecule has 6 heteroatoms. The van der Waals surface area contributed by atoms with Gasteiger partial charge in [-0.3, -0.25) is 4.79 Å². The van der Waals surface area contributed by atoms with E-state index in [1.165, 1.54) is 6.08 Å². The Morgan fingerprint density at radius 3 is 2.62 bits per heavy atom. The van der Waals surface area contributed by atoms with Gasteiger partial charge in [-0.05, 0) is 44.9 Å². The number of hydrogen-bond donors (Lipinski definition) is 2. The van der Waals surface area contributed by atoms with Gasteiger partial charge in [0.1, 0.15) is 6.10 Å². The summed E-state index contributed by atoms with van der Waals surface area (Å²) in [6, 6.07) is 0. The van der Waals surface area contributed by atoms with Crippen LogP contribution in [0.1, 0.15) is 59.3 Å². The minimum Gasteiger partial charge on any atom is -0.462 e. The number of aliphatic hydroxyl groups is 2. The van der Waals surface area contributed by atoms with Crippen LogP contribution in [-0.2, 0) is 19.1 Å². The first kappa shape index (κ1) is 18.0. The molecule has 4 aliphatic rings. The van der Waals surface area contributed by atoms with Crippen LogP contribution in [0.25, 0.3) is 0 Å². The zero-order chi connectivity index (χ0) is 18.9. The van der Waals surface area contributed by atoms with Crippen molar-refractivity contribution in [2.45, 2.75) is 77.3 Å². The maximum Gasteiger partial charge on any atom is 0.333 e. The Balaban J connectivity index is 1.66. The number of ether oxygens (including phenoxy) is 2. The van der Waals surface area contributed by atoms with Crippen molar-refractivity contribution in [3.63, 3.8) is 0 Å². The highest BCUT2D eigenvalue weighted by atomic mass is 16.6. The zero-order valence-electron chi connectivity index (χ0n) is 15.7. The number of carbonyl (C=O) groups excluding carboxylic acids is 2. The molecule has 2 saturated carbocycles. The Bertz CT molecular complexity index is 686. The molecule has 0 aromatic rings. The molecule has 4 rings (SSSR count). The topological polar surface area (TPSA) is 93.1 Å². The second-order valence-electron chi connectivity index (χ2n) is 9.18. The molecule has 1 saturated heterocycles. The van der Waals surface area contributed by atoms with Crippen LogP contribution in [0, 0.1) is 22.7 Å². The molecule has 6 nitrogen and oxygen atoms in total. The molecular formula is C20H28O6. The third-order valence-corrected chi connectivity index (χ3v) is 7.89. The van der Waals surface area contributed by atoms with Crippen LogP contribution >= 0.6 is 0 Å². The minimum atomic E-state index is -1.21. The first-order valence-electron chi connectivity index (χ1n) is 9.64. The van der Waals surface area contributed by atoms with E-state index in [4.69, 9.17) is 9.47 Å². The number of carbonyl (C=O) groups is 2. The van der Waals surface area contributed by atoms with Gasteiger partial charge < -0.3 is 19.7 Å². The summed E-state index contributed by atoms with van der Waals surface area (Å²) in [6.07, 6.45) is 3.98. The van der Waals surface area contributed by atoms with E-state index in [0.29, 0.717) is 24.8 Å². The van der Waals surface area contributed by atoms with Crippen LogP contribution in [0.2, 0.25) is 0 Å². The highest BCUT2D eigenvalue weighted by Gasteiger charge is 2.71. The first-order valence-corrected chi connectivity index (χ1v) is 9.64. The lowest BCUT2D eigenvalue weighted by Gasteiger charge is -2.61. The number of rotatable bonds is 3. The largest absolute Gasteiger partial charge is 0.462 e. The maximum atomic E-state index is 12.6. The van der Waals surface area contributed by atoms with Gasteiger partial charge >= 0.3 is 11.9 Å². The molecule has 0 amide bonds. The van der Waals surface area contributed by atoms with Gasteiger partial charge in [-0.15, -0.1) is 0 Å². The second kappa shape index (κ2) is 5.55. The molecule has 7 atom stereocenters. The molecule has 2 unspecified atom stereocenters. The van der Waals surface area contributed by atoms with Gasteiger partial charge in [0, 0.05) is 23.0 Å². The van der Waals surface area contributed by atoms with E-state index in [2.05, 4.69) is 6.92 Å². The van der Waals surface area contributed by atoms with Gasteiger partial charge in [-0.25, -0.2) is 4.79 Å². The second-order valence-corrected chi connectivity index (χ2v) is 9.18. The van der Waals surface area contributed by atoms with E-state index < -0.39 is 28.7 Å². The molecule has 2 heterocycles. The molecule has 0 radical (unpaired) electrons. The van der Waals surface area contributed by atoms with Crippen molar-refractivity contribution < 1.29 is 29.3 Å². The van der Waals surface area contributed by atoms with Gasteiger partial charge in [-0.2, -0.15) is 0 Å². The smallest absolute Gasteiger partial charge is 0.333 e. The summed E-state index contributed by atoms with van der Waals surface area (Å²) < 4.78 is 10.5. The van der Waals surface area contributed by atoms with Crippen LogP contribution < -0.4 is 0 Å². The van der Waals surface area contributed by atoms with Crippen molar-refractivity contribution in [2.24, 2.45) is 22.7 Å². The third-order valence-electron chi connectivity index (χ3n) is 7.89. The van der Waals surface area contributed by atoms with Gasteiger partial charge in [-0.1, -0.05) is 20.3 Å². The normalized spacial score (nSPS) is 50.1. The Hall–Kier alpha value is -1.40. The van der Waals surface area contributed by atoms with E-state index in [1.807, 2.05) is 13.8 Å².